The molecule has 1 saturated carbocycles. The van der Waals surface area contributed by atoms with Crippen molar-refractivity contribution in [2.45, 2.75) is 45.1 Å². The average Bonchev–Trinajstić information content (AvgIpc) is 3.33. The molecule has 3 aromatic heterocycles. The second-order valence-corrected chi connectivity index (χ2v) is 8.08. The first-order chi connectivity index (χ1) is 13.8. The number of carbonyl (C=O) groups excluding carboxylic acids is 2. The van der Waals surface area contributed by atoms with E-state index in [1.165, 1.54) is 6.07 Å². The Labute approximate surface area is 168 Å². The molecule has 1 fully saturated rings. The van der Waals surface area contributed by atoms with Gasteiger partial charge in [0.2, 0.25) is 5.91 Å². The lowest BCUT2D eigenvalue weighted by atomic mass is 10.0. The van der Waals surface area contributed by atoms with Gasteiger partial charge in [0.05, 0.1) is 11.4 Å². The number of carbonyl (C=O) groups is 2. The van der Waals surface area contributed by atoms with Crippen LogP contribution in [0.3, 0.4) is 0 Å². The summed E-state index contributed by atoms with van der Waals surface area (Å²) in [4.78, 5) is 28.9. The summed E-state index contributed by atoms with van der Waals surface area (Å²) in [5.74, 6) is -0.928. The Bertz CT molecular complexity index is 1100. The molecule has 4 rings (SSSR count). The van der Waals surface area contributed by atoms with E-state index in [-0.39, 0.29) is 39.3 Å². The van der Waals surface area contributed by atoms with Gasteiger partial charge in [0, 0.05) is 24.5 Å². The molecular weight excluding hydrogens is 400 g/mol. The van der Waals surface area contributed by atoms with E-state index in [0.29, 0.717) is 17.5 Å². The van der Waals surface area contributed by atoms with Crippen LogP contribution in [0.1, 0.15) is 58.2 Å². The van der Waals surface area contributed by atoms with Gasteiger partial charge in [-0.1, -0.05) is 0 Å². The SMILES string of the molecule is Cc1ccn(CCC(=O)Nc2c(C(N)=O)sc3nc(C(F)F)cc(C4CC4)c23)n1. The molecular formula is C19H19F2N5O2S. The van der Waals surface area contributed by atoms with E-state index in [1.54, 1.807) is 10.9 Å². The quantitative estimate of drug-likeness (QED) is 0.609. The number of hydrogen-bond acceptors (Lipinski definition) is 5. The van der Waals surface area contributed by atoms with Crippen LogP contribution in [0.2, 0.25) is 0 Å². The molecule has 29 heavy (non-hydrogen) atoms. The summed E-state index contributed by atoms with van der Waals surface area (Å²) >= 11 is 0.931. The number of anilines is 1. The molecule has 0 unspecified atom stereocenters. The van der Waals surface area contributed by atoms with Crippen LogP contribution in [0.15, 0.2) is 18.3 Å². The highest BCUT2D eigenvalue weighted by atomic mass is 32.1. The van der Waals surface area contributed by atoms with Crippen molar-refractivity contribution in [2.24, 2.45) is 5.73 Å². The first-order valence-electron chi connectivity index (χ1n) is 9.18. The van der Waals surface area contributed by atoms with Gasteiger partial charge < -0.3 is 11.1 Å². The maximum absolute atomic E-state index is 13.3. The predicted molar refractivity (Wildman–Crippen MR) is 105 cm³/mol. The Balaban J connectivity index is 1.69. The number of pyridine rings is 1. The summed E-state index contributed by atoms with van der Waals surface area (Å²) in [6.07, 6.45) is 0.938. The molecule has 0 aliphatic heterocycles. The van der Waals surface area contributed by atoms with Crippen molar-refractivity contribution >= 4 is 39.1 Å². The van der Waals surface area contributed by atoms with Crippen LogP contribution < -0.4 is 11.1 Å². The normalized spacial score (nSPS) is 13.9. The number of aryl methyl sites for hydroxylation is 2. The minimum atomic E-state index is -2.72. The summed E-state index contributed by atoms with van der Waals surface area (Å²) in [6, 6.07) is 3.22. The van der Waals surface area contributed by atoms with Crippen LogP contribution >= 0.6 is 11.3 Å². The number of primary amides is 1. The Kier molecular flexibility index (Phi) is 5.03. The first-order valence-corrected chi connectivity index (χ1v) is 10.0. The number of nitrogens with one attached hydrogen (secondary N) is 1. The summed E-state index contributed by atoms with van der Waals surface area (Å²) < 4.78 is 28.2. The highest BCUT2D eigenvalue weighted by Crippen LogP contribution is 2.48. The Morgan fingerprint density at radius 3 is 2.76 bits per heavy atom. The number of amides is 2. The summed E-state index contributed by atoms with van der Waals surface area (Å²) in [6.45, 7) is 2.23. The van der Waals surface area contributed by atoms with Crippen molar-refractivity contribution in [2.75, 3.05) is 5.32 Å². The number of nitrogens with zero attached hydrogens (tertiary/aromatic N) is 3. The summed E-state index contributed by atoms with van der Waals surface area (Å²) in [5.41, 5.74) is 6.97. The van der Waals surface area contributed by atoms with Gasteiger partial charge in [-0.25, -0.2) is 13.8 Å². The zero-order chi connectivity index (χ0) is 20.7. The molecule has 7 nitrogen and oxygen atoms in total. The number of alkyl halides is 2. The highest BCUT2D eigenvalue weighted by Gasteiger charge is 2.31. The Morgan fingerprint density at radius 1 is 1.41 bits per heavy atom. The van der Waals surface area contributed by atoms with Crippen molar-refractivity contribution < 1.29 is 18.4 Å². The van der Waals surface area contributed by atoms with Crippen LogP contribution in [0.4, 0.5) is 14.5 Å². The molecule has 3 N–H and O–H groups in total. The van der Waals surface area contributed by atoms with E-state index < -0.39 is 12.3 Å². The molecule has 10 heteroatoms. The van der Waals surface area contributed by atoms with Gasteiger partial charge in [0.15, 0.2) is 0 Å². The molecule has 1 aliphatic rings. The van der Waals surface area contributed by atoms with Crippen LogP contribution in [-0.2, 0) is 11.3 Å². The largest absolute Gasteiger partial charge is 0.365 e. The molecule has 0 saturated heterocycles. The average molecular weight is 419 g/mol. The molecule has 3 aromatic rings. The monoisotopic (exact) mass is 419 g/mol. The van der Waals surface area contributed by atoms with E-state index in [0.717, 1.165) is 29.9 Å². The smallest absolute Gasteiger partial charge is 0.280 e. The number of hydrogen-bond donors (Lipinski definition) is 2. The Morgan fingerprint density at radius 2 is 2.17 bits per heavy atom. The lowest BCUT2D eigenvalue weighted by molar-refractivity contribution is -0.116. The molecule has 0 bridgehead atoms. The number of rotatable bonds is 7. The predicted octanol–water partition coefficient (Wildman–Crippen LogP) is 3.74. The molecule has 0 aromatic carbocycles. The number of nitrogens with two attached hydrogens (primary N) is 1. The van der Waals surface area contributed by atoms with Gasteiger partial charge in [-0.15, -0.1) is 11.3 Å². The van der Waals surface area contributed by atoms with E-state index in [4.69, 9.17) is 5.73 Å². The number of aromatic nitrogens is 3. The van der Waals surface area contributed by atoms with Gasteiger partial charge in [-0.3, -0.25) is 14.3 Å². The zero-order valence-electron chi connectivity index (χ0n) is 15.6. The van der Waals surface area contributed by atoms with Crippen molar-refractivity contribution in [1.82, 2.24) is 14.8 Å². The second kappa shape index (κ2) is 7.51. The lowest BCUT2D eigenvalue weighted by Gasteiger charge is -2.10. The van der Waals surface area contributed by atoms with Crippen LogP contribution in [0.5, 0.6) is 0 Å². The standard InChI is InChI=1S/C19H19F2N5O2S/c1-9-4-6-26(25-9)7-5-13(27)24-15-14-11(10-2-3-10)8-12(17(20)21)23-19(14)29-16(15)18(22)28/h4,6,8,10,17H,2-3,5,7H2,1H3,(H2,22,28)(H,24,27). The zero-order valence-corrected chi connectivity index (χ0v) is 16.4. The summed E-state index contributed by atoms with van der Waals surface area (Å²) in [7, 11) is 0. The minimum Gasteiger partial charge on any atom is -0.365 e. The fourth-order valence-corrected chi connectivity index (χ4v) is 4.30. The third-order valence-corrected chi connectivity index (χ3v) is 5.88. The fraction of sp³-hybridized carbons (Fsp3) is 0.368. The first kappa shape index (κ1) is 19.4. The lowest BCUT2D eigenvalue weighted by Crippen LogP contribution is -2.18. The van der Waals surface area contributed by atoms with Gasteiger partial charge in [-0.05, 0) is 43.4 Å². The molecule has 0 spiro atoms. The van der Waals surface area contributed by atoms with E-state index in [1.807, 2.05) is 13.0 Å². The van der Waals surface area contributed by atoms with E-state index >= 15 is 0 Å². The van der Waals surface area contributed by atoms with Crippen molar-refractivity contribution in [3.8, 4) is 0 Å². The maximum atomic E-state index is 13.3. The van der Waals surface area contributed by atoms with Crippen LogP contribution in [0, 0.1) is 6.92 Å². The van der Waals surface area contributed by atoms with Crippen LogP contribution in [0.25, 0.3) is 10.2 Å². The molecule has 1 aliphatic carbocycles. The summed E-state index contributed by atoms with van der Waals surface area (Å²) in [5, 5.41) is 7.54. The third-order valence-electron chi connectivity index (χ3n) is 4.78. The van der Waals surface area contributed by atoms with E-state index in [9.17, 15) is 18.4 Å². The number of fused-ring (bicyclic) bond motifs is 1. The van der Waals surface area contributed by atoms with Crippen molar-refractivity contribution in [1.29, 1.82) is 0 Å². The van der Waals surface area contributed by atoms with Crippen LogP contribution in [-0.4, -0.2) is 26.6 Å². The maximum Gasteiger partial charge on any atom is 0.280 e. The third kappa shape index (κ3) is 3.98. The van der Waals surface area contributed by atoms with Gasteiger partial charge in [-0.2, -0.15) is 5.10 Å². The topological polar surface area (TPSA) is 103 Å². The minimum absolute atomic E-state index is 0.115. The molecule has 152 valence electrons. The number of halogens is 2. The molecule has 0 radical (unpaired) electrons. The molecule has 2 amide bonds. The fourth-order valence-electron chi connectivity index (χ4n) is 3.27. The Hall–Kier alpha value is -2.88. The van der Waals surface area contributed by atoms with Crippen molar-refractivity contribution in [3.63, 3.8) is 0 Å². The van der Waals surface area contributed by atoms with E-state index in [2.05, 4.69) is 15.4 Å². The molecule has 3 heterocycles. The number of thiophene rings is 1. The van der Waals surface area contributed by atoms with Gasteiger partial charge >= 0.3 is 0 Å². The molecule has 0 atom stereocenters. The van der Waals surface area contributed by atoms with Crippen molar-refractivity contribution in [3.05, 3.63) is 40.2 Å². The van der Waals surface area contributed by atoms with Gasteiger partial charge in [0.1, 0.15) is 15.4 Å². The second-order valence-electron chi connectivity index (χ2n) is 7.08. The van der Waals surface area contributed by atoms with Gasteiger partial charge in [0.25, 0.3) is 12.3 Å². The highest BCUT2D eigenvalue weighted by molar-refractivity contribution is 7.21.